The van der Waals surface area contributed by atoms with Gasteiger partial charge in [0.15, 0.2) is 0 Å². The number of imidazole rings is 1. The second kappa shape index (κ2) is 6.16. The highest BCUT2D eigenvalue weighted by atomic mass is 16.2. The van der Waals surface area contributed by atoms with Gasteiger partial charge < -0.3 is 14.2 Å². The van der Waals surface area contributed by atoms with E-state index in [-0.39, 0.29) is 11.9 Å². The summed E-state index contributed by atoms with van der Waals surface area (Å²) in [6.45, 7) is 2.30. The standard InChI is InChI=1S/C21H22N4O/c26-21-8-7-19(16-3-5-17(6-4-16)23-11-1-2-12-23)25(21)18-9-13-24-14-10-22-20(24)15-18/h3-6,9-10,13-15,19H,1-2,7-8,11-12H2. The van der Waals surface area contributed by atoms with Crippen LogP contribution in [-0.2, 0) is 4.79 Å². The Kier molecular flexibility index (Phi) is 3.66. The number of anilines is 2. The van der Waals surface area contributed by atoms with Crippen LogP contribution in [0, 0.1) is 0 Å². The molecule has 26 heavy (non-hydrogen) atoms. The number of benzene rings is 1. The molecule has 1 amide bonds. The molecule has 0 aliphatic carbocycles. The monoisotopic (exact) mass is 346 g/mol. The molecule has 2 aliphatic rings. The SMILES string of the molecule is O=C1CCC(c2ccc(N3CCCC3)cc2)N1c1ccn2ccnc2c1. The van der Waals surface area contributed by atoms with Crippen LogP contribution in [0.15, 0.2) is 55.0 Å². The summed E-state index contributed by atoms with van der Waals surface area (Å²) in [6.07, 6.45) is 9.68. The molecule has 0 N–H and O–H groups in total. The summed E-state index contributed by atoms with van der Waals surface area (Å²) < 4.78 is 1.96. The maximum atomic E-state index is 12.6. The van der Waals surface area contributed by atoms with Gasteiger partial charge in [-0.2, -0.15) is 0 Å². The second-order valence-corrected chi connectivity index (χ2v) is 7.18. The number of aromatic nitrogens is 2. The molecule has 5 heteroatoms. The molecule has 0 spiro atoms. The number of fused-ring (bicyclic) bond motifs is 1. The zero-order valence-electron chi connectivity index (χ0n) is 14.7. The van der Waals surface area contributed by atoms with E-state index in [1.54, 1.807) is 6.20 Å². The summed E-state index contributed by atoms with van der Waals surface area (Å²) in [5, 5.41) is 0. The van der Waals surface area contributed by atoms with Crippen LogP contribution in [-0.4, -0.2) is 28.4 Å². The molecular weight excluding hydrogens is 324 g/mol. The third-order valence-electron chi connectivity index (χ3n) is 5.62. The summed E-state index contributed by atoms with van der Waals surface area (Å²) >= 11 is 0. The molecule has 2 aromatic heterocycles. The number of hydrogen-bond donors (Lipinski definition) is 0. The van der Waals surface area contributed by atoms with Gasteiger partial charge in [-0.05, 0) is 43.0 Å². The number of carbonyl (C=O) groups excluding carboxylic acids is 1. The fourth-order valence-corrected chi connectivity index (χ4v) is 4.26. The zero-order chi connectivity index (χ0) is 17.5. The lowest BCUT2D eigenvalue weighted by Gasteiger charge is -2.26. The van der Waals surface area contributed by atoms with Crippen LogP contribution in [0.4, 0.5) is 11.4 Å². The Morgan fingerprint density at radius 3 is 2.58 bits per heavy atom. The normalized spacial score (nSPS) is 20.5. The molecule has 1 atom stereocenters. The maximum absolute atomic E-state index is 12.6. The van der Waals surface area contributed by atoms with Crippen molar-refractivity contribution in [3.8, 4) is 0 Å². The van der Waals surface area contributed by atoms with Gasteiger partial charge in [-0.25, -0.2) is 4.98 Å². The molecule has 1 unspecified atom stereocenters. The highest BCUT2D eigenvalue weighted by molar-refractivity contribution is 5.96. The van der Waals surface area contributed by atoms with E-state index in [2.05, 4.69) is 34.1 Å². The Bertz CT molecular complexity index is 940. The van der Waals surface area contributed by atoms with E-state index in [0.29, 0.717) is 6.42 Å². The lowest BCUT2D eigenvalue weighted by atomic mass is 10.0. The van der Waals surface area contributed by atoms with Gasteiger partial charge in [0.2, 0.25) is 5.91 Å². The maximum Gasteiger partial charge on any atom is 0.227 e. The molecule has 1 aromatic carbocycles. The predicted molar refractivity (Wildman–Crippen MR) is 103 cm³/mol. The van der Waals surface area contributed by atoms with Crippen molar-refractivity contribution in [3.05, 3.63) is 60.6 Å². The Morgan fingerprint density at radius 1 is 0.962 bits per heavy atom. The van der Waals surface area contributed by atoms with Crippen LogP contribution < -0.4 is 9.80 Å². The van der Waals surface area contributed by atoms with E-state index >= 15 is 0 Å². The van der Waals surface area contributed by atoms with Crippen LogP contribution in [0.1, 0.15) is 37.3 Å². The molecule has 3 aromatic rings. The third kappa shape index (κ3) is 2.55. The lowest BCUT2D eigenvalue weighted by Crippen LogP contribution is -2.27. The van der Waals surface area contributed by atoms with Crippen molar-refractivity contribution < 1.29 is 4.79 Å². The van der Waals surface area contributed by atoms with Crippen molar-refractivity contribution in [2.75, 3.05) is 22.9 Å². The number of pyridine rings is 1. The van der Waals surface area contributed by atoms with E-state index < -0.39 is 0 Å². The molecule has 2 saturated heterocycles. The van der Waals surface area contributed by atoms with Crippen molar-refractivity contribution in [2.45, 2.75) is 31.7 Å². The smallest absolute Gasteiger partial charge is 0.227 e. The lowest BCUT2D eigenvalue weighted by molar-refractivity contribution is -0.117. The minimum Gasteiger partial charge on any atom is -0.372 e. The molecule has 0 saturated carbocycles. The average molecular weight is 346 g/mol. The van der Waals surface area contributed by atoms with Gasteiger partial charge in [0, 0.05) is 55.5 Å². The minimum atomic E-state index is 0.104. The summed E-state index contributed by atoms with van der Waals surface area (Å²) in [6, 6.07) is 12.9. The van der Waals surface area contributed by atoms with Gasteiger partial charge in [-0.15, -0.1) is 0 Å². The van der Waals surface area contributed by atoms with Crippen LogP contribution in [0.25, 0.3) is 5.65 Å². The highest BCUT2D eigenvalue weighted by Gasteiger charge is 2.33. The predicted octanol–water partition coefficient (Wildman–Crippen LogP) is 3.80. The van der Waals surface area contributed by atoms with Crippen molar-refractivity contribution >= 4 is 22.9 Å². The van der Waals surface area contributed by atoms with Crippen molar-refractivity contribution in [3.63, 3.8) is 0 Å². The highest BCUT2D eigenvalue weighted by Crippen LogP contribution is 2.38. The molecule has 0 bridgehead atoms. The van der Waals surface area contributed by atoms with Gasteiger partial charge >= 0.3 is 0 Å². The molecule has 5 nitrogen and oxygen atoms in total. The Hall–Kier alpha value is -2.82. The zero-order valence-corrected chi connectivity index (χ0v) is 14.7. The van der Waals surface area contributed by atoms with Gasteiger partial charge in [0.05, 0.1) is 6.04 Å². The fourth-order valence-electron chi connectivity index (χ4n) is 4.26. The van der Waals surface area contributed by atoms with E-state index in [1.807, 2.05) is 33.8 Å². The van der Waals surface area contributed by atoms with Crippen LogP contribution in [0.2, 0.25) is 0 Å². The van der Waals surface area contributed by atoms with E-state index in [9.17, 15) is 4.79 Å². The molecule has 2 fully saturated rings. The molecule has 0 radical (unpaired) electrons. The topological polar surface area (TPSA) is 40.9 Å². The molecule has 2 aliphatic heterocycles. The molecular formula is C21H22N4O. The summed E-state index contributed by atoms with van der Waals surface area (Å²) in [7, 11) is 0. The number of nitrogens with zero attached hydrogens (tertiary/aromatic N) is 4. The summed E-state index contributed by atoms with van der Waals surface area (Å²) in [5.41, 5.74) is 4.30. The Balaban J connectivity index is 1.46. The molecule has 5 rings (SSSR count). The second-order valence-electron chi connectivity index (χ2n) is 7.18. The van der Waals surface area contributed by atoms with Crippen molar-refractivity contribution in [1.29, 1.82) is 0 Å². The first-order valence-electron chi connectivity index (χ1n) is 9.39. The molecule has 4 heterocycles. The quantitative estimate of drug-likeness (QED) is 0.724. The number of rotatable bonds is 3. The first-order valence-corrected chi connectivity index (χ1v) is 9.39. The van der Waals surface area contributed by atoms with E-state index in [1.165, 1.54) is 24.1 Å². The fraction of sp³-hybridized carbons (Fsp3) is 0.333. The van der Waals surface area contributed by atoms with E-state index in [4.69, 9.17) is 0 Å². The first kappa shape index (κ1) is 15.4. The van der Waals surface area contributed by atoms with Gasteiger partial charge in [-0.1, -0.05) is 12.1 Å². The van der Waals surface area contributed by atoms with Crippen molar-refractivity contribution in [1.82, 2.24) is 9.38 Å². The third-order valence-corrected chi connectivity index (χ3v) is 5.62. The van der Waals surface area contributed by atoms with Gasteiger partial charge in [0.1, 0.15) is 5.65 Å². The summed E-state index contributed by atoms with van der Waals surface area (Å²) in [5.74, 6) is 0.189. The number of amides is 1. The Labute approximate surface area is 152 Å². The van der Waals surface area contributed by atoms with Gasteiger partial charge in [0.25, 0.3) is 0 Å². The largest absolute Gasteiger partial charge is 0.372 e. The minimum absolute atomic E-state index is 0.104. The van der Waals surface area contributed by atoms with Crippen LogP contribution in [0.5, 0.6) is 0 Å². The Morgan fingerprint density at radius 2 is 1.77 bits per heavy atom. The number of carbonyl (C=O) groups is 1. The van der Waals surface area contributed by atoms with Crippen molar-refractivity contribution in [2.24, 2.45) is 0 Å². The van der Waals surface area contributed by atoms with Crippen LogP contribution >= 0.6 is 0 Å². The summed E-state index contributed by atoms with van der Waals surface area (Å²) in [4.78, 5) is 21.3. The average Bonchev–Trinajstić information content (AvgIpc) is 3.42. The van der Waals surface area contributed by atoms with E-state index in [0.717, 1.165) is 30.8 Å². The number of hydrogen-bond acceptors (Lipinski definition) is 3. The van der Waals surface area contributed by atoms with Crippen LogP contribution in [0.3, 0.4) is 0 Å². The first-order chi connectivity index (χ1) is 12.8. The molecule has 132 valence electrons. The van der Waals surface area contributed by atoms with Gasteiger partial charge in [-0.3, -0.25) is 4.79 Å².